The van der Waals surface area contributed by atoms with Gasteiger partial charge in [-0.1, -0.05) is 17.7 Å². The first-order chi connectivity index (χ1) is 13.2. The number of halogens is 2. The Bertz CT molecular complexity index is 766. The molecule has 0 saturated heterocycles. The van der Waals surface area contributed by atoms with Gasteiger partial charge < -0.3 is 15.4 Å². The molecule has 0 radical (unpaired) electrons. The van der Waals surface area contributed by atoms with Crippen molar-refractivity contribution in [3.63, 3.8) is 0 Å². The summed E-state index contributed by atoms with van der Waals surface area (Å²) in [6.45, 7) is 4.78. The van der Waals surface area contributed by atoms with Gasteiger partial charge in [-0.15, -0.1) is 24.0 Å². The third-order valence-corrected chi connectivity index (χ3v) is 4.54. The van der Waals surface area contributed by atoms with Gasteiger partial charge in [-0.3, -0.25) is 4.99 Å². The molecule has 8 nitrogen and oxygen atoms in total. The van der Waals surface area contributed by atoms with E-state index in [4.69, 9.17) is 16.3 Å². The van der Waals surface area contributed by atoms with Crippen molar-refractivity contribution in [2.45, 2.75) is 45.4 Å². The highest BCUT2D eigenvalue weighted by atomic mass is 127. The summed E-state index contributed by atoms with van der Waals surface area (Å²) in [5.41, 5.74) is 1.12. The fraction of sp³-hybridized carbons (Fsp3) is 0.556. The largest absolute Gasteiger partial charge is 0.377 e. The maximum atomic E-state index is 5.82. The van der Waals surface area contributed by atoms with Crippen LogP contribution in [-0.4, -0.2) is 51.9 Å². The van der Waals surface area contributed by atoms with Crippen LogP contribution in [0.4, 0.5) is 0 Å². The van der Waals surface area contributed by atoms with E-state index in [9.17, 15) is 0 Å². The van der Waals surface area contributed by atoms with E-state index < -0.39 is 0 Å². The number of rotatable bonds is 7. The SMILES string of the molecule is CCNC(=NCCc1ccc(Cl)nc1)NC1CCc2nc(COC)nn2C1.I. The van der Waals surface area contributed by atoms with Gasteiger partial charge in [-0.25, -0.2) is 14.6 Å². The number of nitrogens with zero attached hydrogens (tertiary/aromatic N) is 5. The molecule has 28 heavy (non-hydrogen) atoms. The second-order valence-corrected chi connectivity index (χ2v) is 6.83. The summed E-state index contributed by atoms with van der Waals surface area (Å²) in [4.78, 5) is 13.3. The van der Waals surface area contributed by atoms with Crippen molar-refractivity contribution in [3.05, 3.63) is 40.7 Å². The first-order valence-corrected chi connectivity index (χ1v) is 9.62. The van der Waals surface area contributed by atoms with Crippen molar-refractivity contribution >= 4 is 41.5 Å². The Hall–Kier alpha value is -1.46. The van der Waals surface area contributed by atoms with Crippen molar-refractivity contribution in [1.82, 2.24) is 30.4 Å². The topological polar surface area (TPSA) is 89.2 Å². The summed E-state index contributed by atoms with van der Waals surface area (Å²) < 4.78 is 7.09. The van der Waals surface area contributed by atoms with Gasteiger partial charge in [0.2, 0.25) is 0 Å². The molecule has 2 aromatic rings. The van der Waals surface area contributed by atoms with Gasteiger partial charge in [-0.05, 0) is 31.4 Å². The highest BCUT2D eigenvalue weighted by Gasteiger charge is 2.22. The van der Waals surface area contributed by atoms with Crippen LogP contribution in [-0.2, 0) is 30.7 Å². The summed E-state index contributed by atoms with van der Waals surface area (Å²) in [5.74, 6) is 2.59. The van der Waals surface area contributed by atoms with Crippen LogP contribution < -0.4 is 10.6 Å². The lowest BCUT2D eigenvalue weighted by Crippen LogP contribution is -2.47. The fourth-order valence-electron chi connectivity index (χ4n) is 3.03. The standard InChI is InChI=1S/C18H26ClN7O.HI/c1-3-20-18(21-9-8-13-4-6-15(19)22-10-13)23-14-5-7-17-24-16(12-27-2)25-26(17)11-14;/h4,6,10,14H,3,5,7-9,11-12H2,1-2H3,(H2,20,21,23);1H. The number of aryl methyl sites for hydroxylation is 1. The van der Waals surface area contributed by atoms with E-state index in [2.05, 4.69) is 37.6 Å². The molecule has 2 aromatic heterocycles. The van der Waals surface area contributed by atoms with Crippen LogP contribution in [0.25, 0.3) is 0 Å². The van der Waals surface area contributed by atoms with Gasteiger partial charge in [0.05, 0.1) is 6.54 Å². The third kappa shape index (κ3) is 6.56. The average Bonchev–Trinajstić information content (AvgIpc) is 3.05. The molecule has 0 fully saturated rings. The Labute approximate surface area is 187 Å². The predicted molar refractivity (Wildman–Crippen MR) is 120 cm³/mol. The summed E-state index contributed by atoms with van der Waals surface area (Å²) in [6, 6.07) is 4.06. The Kier molecular flexibility index (Phi) is 9.39. The van der Waals surface area contributed by atoms with Gasteiger partial charge in [0.25, 0.3) is 0 Å². The van der Waals surface area contributed by atoms with Crippen molar-refractivity contribution < 1.29 is 4.74 Å². The molecule has 2 N–H and O–H groups in total. The molecule has 0 spiro atoms. The van der Waals surface area contributed by atoms with E-state index in [0.29, 0.717) is 18.3 Å². The molecule has 1 aliphatic heterocycles. The number of guanidine groups is 1. The number of hydrogen-bond donors (Lipinski definition) is 2. The molecule has 10 heteroatoms. The van der Waals surface area contributed by atoms with E-state index in [1.807, 2.05) is 10.7 Å². The number of aromatic nitrogens is 4. The number of aliphatic imine (C=N–C) groups is 1. The molecule has 3 rings (SSSR count). The smallest absolute Gasteiger partial charge is 0.191 e. The van der Waals surface area contributed by atoms with Crippen LogP contribution in [0.2, 0.25) is 5.15 Å². The first kappa shape index (κ1) is 22.8. The number of nitrogens with one attached hydrogen (secondary N) is 2. The van der Waals surface area contributed by atoms with Crippen molar-refractivity contribution in [1.29, 1.82) is 0 Å². The molecule has 1 aliphatic rings. The zero-order valence-electron chi connectivity index (χ0n) is 16.2. The van der Waals surface area contributed by atoms with Crippen molar-refractivity contribution in [2.75, 3.05) is 20.2 Å². The Morgan fingerprint density at radius 1 is 1.43 bits per heavy atom. The maximum Gasteiger partial charge on any atom is 0.191 e. The van der Waals surface area contributed by atoms with Gasteiger partial charge in [0.15, 0.2) is 11.8 Å². The number of ether oxygens (including phenoxy) is 1. The molecule has 0 aliphatic carbocycles. The predicted octanol–water partition coefficient (Wildman–Crippen LogP) is 2.20. The Morgan fingerprint density at radius 2 is 2.29 bits per heavy atom. The van der Waals surface area contributed by atoms with E-state index in [0.717, 1.165) is 55.5 Å². The summed E-state index contributed by atoms with van der Waals surface area (Å²) in [6.07, 6.45) is 4.50. The minimum atomic E-state index is 0. The number of hydrogen-bond acceptors (Lipinski definition) is 5. The lowest BCUT2D eigenvalue weighted by Gasteiger charge is -2.25. The maximum absolute atomic E-state index is 5.82. The molecule has 0 saturated carbocycles. The lowest BCUT2D eigenvalue weighted by molar-refractivity contribution is 0.177. The second kappa shape index (κ2) is 11.5. The van der Waals surface area contributed by atoms with E-state index in [1.165, 1.54) is 0 Å². The summed E-state index contributed by atoms with van der Waals surface area (Å²) in [5, 5.41) is 11.9. The van der Waals surface area contributed by atoms with Crippen LogP contribution in [0.3, 0.4) is 0 Å². The Morgan fingerprint density at radius 3 is 3.00 bits per heavy atom. The van der Waals surface area contributed by atoms with Crippen LogP contribution in [0.1, 0.15) is 30.6 Å². The number of fused-ring (bicyclic) bond motifs is 1. The van der Waals surface area contributed by atoms with Gasteiger partial charge in [-0.2, -0.15) is 5.10 Å². The first-order valence-electron chi connectivity index (χ1n) is 9.24. The Balaban J connectivity index is 0.00000280. The molecule has 0 aromatic carbocycles. The van der Waals surface area contributed by atoms with Crippen molar-refractivity contribution in [2.24, 2.45) is 4.99 Å². The molecular formula is C18H27ClIN7O. The minimum absolute atomic E-state index is 0. The molecule has 0 bridgehead atoms. The van der Waals surface area contributed by atoms with Gasteiger partial charge >= 0.3 is 0 Å². The highest BCUT2D eigenvalue weighted by Crippen LogP contribution is 2.13. The van der Waals surface area contributed by atoms with E-state index in [1.54, 1.807) is 19.4 Å². The average molecular weight is 520 g/mol. The van der Waals surface area contributed by atoms with Crippen LogP contribution in [0.5, 0.6) is 0 Å². The fourth-order valence-corrected chi connectivity index (χ4v) is 3.14. The molecule has 3 heterocycles. The molecule has 1 atom stereocenters. The quantitative estimate of drug-likeness (QED) is 0.252. The monoisotopic (exact) mass is 519 g/mol. The molecule has 0 amide bonds. The van der Waals surface area contributed by atoms with Gasteiger partial charge in [0.1, 0.15) is 17.6 Å². The normalized spacial score (nSPS) is 16.2. The zero-order valence-corrected chi connectivity index (χ0v) is 19.3. The van der Waals surface area contributed by atoms with Crippen LogP contribution in [0, 0.1) is 0 Å². The molecule has 154 valence electrons. The van der Waals surface area contributed by atoms with Crippen LogP contribution in [0.15, 0.2) is 23.3 Å². The number of methoxy groups -OCH3 is 1. The molecular weight excluding hydrogens is 493 g/mol. The summed E-state index contributed by atoms with van der Waals surface area (Å²) in [7, 11) is 1.66. The van der Waals surface area contributed by atoms with E-state index in [-0.39, 0.29) is 30.0 Å². The zero-order chi connectivity index (χ0) is 19.1. The lowest BCUT2D eigenvalue weighted by atomic mass is 10.1. The number of pyridine rings is 1. The summed E-state index contributed by atoms with van der Waals surface area (Å²) >= 11 is 5.82. The van der Waals surface area contributed by atoms with Crippen LogP contribution >= 0.6 is 35.6 Å². The third-order valence-electron chi connectivity index (χ3n) is 4.32. The minimum Gasteiger partial charge on any atom is -0.377 e. The molecule has 1 unspecified atom stereocenters. The van der Waals surface area contributed by atoms with Crippen molar-refractivity contribution in [3.8, 4) is 0 Å². The van der Waals surface area contributed by atoms with Gasteiger partial charge in [0, 0.05) is 38.9 Å². The highest BCUT2D eigenvalue weighted by molar-refractivity contribution is 14.0. The second-order valence-electron chi connectivity index (χ2n) is 6.44. The van der Waals surface area contributed by atoms with E-state index >= 15 is 0 Å².